The van der Waals surface area contributed by atoms with Crippen LogP contribution in [0.1, 0.15) is 5.56 Å². The molecule has 25 heavy (non-hydrogen) atoms. The van der Waals surface area contributed by atoms with E-state index in [4.69, 9.17) is 4.74 Å². The number of hydrogen-bond donors (Lipinski definition) is 1. The van der Waals surface area contributed by atoms with Crippen LogP contribution in [-0.2, 0) is 10.1 Å². The molecule has 0 radical (unpaired) electrons. The first-order chi connectivity index (χ1) is 11.9. The zero-order chi connectivity index (χ0) is 18.0. The third kappa shape index (κ3) is 3.43. The summed E-state index contributed by atoms with van der Waals surface area (Å²) in [7, 11) is -2.77. The van der Waals surface area contributed by atoms with E-state index < -0.39 is 10.1 Å². The van der Waals surface area contributed by atoms with Crippen molar-refractivity contribution in [2.24, 2.45) is 0 Å². The number of benzene rings is 3. The van der Waals surface area contributed by atoms with Gasteiger partial charge in [-0.15, -0.1) is 0 Å². The minimum Gasteiger partial charge on any atom is -0.497 e. The Kier molecular flexibility index (Phi) is 4.61. The molecule has 5 heteroatoms. The maximum Gasteiger partial charge on any atom is 0.295 e. The highest BCUT2D eigenvalue weighted by Gasteiger charge is 2.22. The quantitative estimate of drug-likeness (QED) is 0.696. The van der Waals surface area contributed by atoms with Gasteiger partial charge in [-0.05, 0) is 47.4 Å². The van der Waals surface area contributed by atoms with E-state index >= 15 is 0 Å². The third-order valence-electron chi connectivity index (χ3n) is 4.09. The molecule has 0 aliphatic carbocycles. The van der Waals surface area contributed by atoms with Crippen LogP contribution in [-0.4, -0.2) is 20.1 Å². The Morgan fingerprint density at radius 1 is 0.800 bits per heavy atom. The number of hydrogen-bond acceptors (Lipinski definition) is 3. The number of methoxy groups -OCH3 is 1. The summed E-state index contributed by atoms with van der Waals surface area (Å²) < 4.78 is 38.8. The van der Waals surface area contributed by atoms with Crippen LogP contribution in [0.4, 0.5) is 0 Å². The molecule has 0 aliphatic rings. The molecule has 0 aliphatic heterocycles. The Morgan fingerprint density at radius 3 is 1.96 bits per heavy atom. The van der Waals surface area contributed by atoms with Crippen LogP contribution in [0.2, 0.25) is 0 Å². The first kappa shape index (κ1) is 17.2. The minimum absolute atomic E-state index is 0.102. The van der Waals surface area contributed by atoms with E-state index in [-0.39, 0.29) is 4.90 Å². The molecule has 0 spiro atoms. The van der Waals surface area contributed by atoms with Gasteiger partial charge in [0.1, 0.15) is 10.6 Å². The van der Waals surface area contributed by atoms with Gasteiger partial charge in [-0.2, -0.15) is 8.42 Å². The van der Waals surface area contributed by atoms with Gasteiger partial charge in [0, 0.05) is 5.56 Å². The van der Waals surface area contributed by atoms with E-state index in [1.807, 2.05) is 61.5 Å². The first-order valence-corrected chi connectivity index (χ1v) is 9.17. The second-order valence-electron chi connectivity index (χ2n) is 5.70. The molecule has 0 fully saturated rings. The summed E-state index contributed by atoms with van der Waals surface area (Å²) in [5, 5.41) is 0. The topological polar surface area (TPSA) is 63.6 Å². The fraction of sp³-hybridized carbons (Fsp3) is 0.100. The highest BCUT2D eigenvalue weighted by molar-refractivity contribution is 7.86. The highest BCUT2D eigenvalue weighted by atomic mass is 32.2. The average Bonchev–Trinajstić information content (AvgIpc) is 2.61. The van der Waals surface area contributed by atoms with Crippen LogP contribution >= 0.6 is 0 Å². The van der Waals surface area contributed by atoms with Gasteiger partial charge < -0.3 is 4.74 Å². The molecule has 0 aromatic heterocycles. The second-order valence-corrected chi connectivity index (χ2v) is 7.09. The molecule has 0 saturated heterocycles. The second kappa shape index (κ2) is 6.70. The van der Waals surface area contributed by atoms with Crippen LogP contribution < -0.4 is 4.74 Å². The van der Waals surface area contributed by atoms with Crippen molar-refractivity contribution in [2.75, 3.05) is 7.11 Å². The Hall–Kier alpha value is -2.63. The number of rotatable bonds is 4. The van der Waals surface area contributed by atoms with E-state index in [1.165, 1.54) is 6.07 Å². The van der Waals surface area contributed by atoms with Gasteiger partial charge in [0.15, 0.2) is 0 Å². The van der Waals surface area contributed by atoms with Crippen LogP contribution in [0, 0.1) is 6.92 Å². The van der Waals surface area contributed by atoms with Gasteiger partial charge in [-0.3, -0.25) is 4.55 Å². The van der Waals surface area contributed by atoms with E-state index in [1.54, 1.807) is 13.2 Å². The summed E-state index contributed by atoms with van der Waals surface area (Å²) >= 11 is 0. The molecule has 0 saturated carbocycles. The highest BCUT2D eigenvalue weighted by Crippen LogP contribution is 2.39. The molecule has 0 atom stereocenters. The van der Waals surface area contributed by atoms with Crippen molar-refractivity contribution in [3.05, 3.63) is 72.3 Å². The van der Waals surface area contributed by atoms with Gasteiger partial charge in [-0.1, -0.05) is 48.5 Å². The van der Waals surface area contributed by atoms with Crippen molar-refractivity contribution in [3.8, 4) is 28.0 Å². The van der Waals surface area contributed by atoms with E-state index in [0.29, 0.717) is 11.3 Å². The first-order valence-electron chi connectivity index (χ1n) is 7.73. The van der Waals surface area contributed by atoms with Crippen LogP contribution in [0.5, 0.6) is 5.75 Å². The standard InChI is InChI=1S/C20H18O4S/c1-14-8-13-18(25(21,22)23)20(15-6-4-3-5-7-15)19(14)16-9-11-17(24-2)12-10-16/h3-13H,1-2H3,(H,21,22,23). The monoisotopic (exact) mass is 354 g/mol. The Balaban J connectivity index is 2.37. The SMILES string of the molecule is COc1ccc(-c2c(C)ccc(S(=O)(=O)O)c2-c2ccccc2)cc1. The van der Waals surface area contributed by atoms with Gasteiger partial charge in [0.25, 0.3) is 10.1 Å². The predicted molar refractivity (Wildman–Crippen MR) is 98.4 cm³/mol. The van der Waals surface area contributed by atoms with Crippen LogP contribution in [0.25, 0.3) is 22.3 Å². The molecule has 0 unspecified atom stereocenters. The summed E-state index contributed by atoms with van der Waals surface area (Å²) in [5.74, 6) is 0.716. The van der Waals surface area contributed by atoms with Gasteiger partial charge >= 0.3 is 0 Å². The fourth-order valence-electron chi connectivity index (χ4n) is 2.92. The molecule has 0 bridgehead atoms. The number of aryl methyl sites for hydroxylation is 1. The van der Waals surface area contributed by atoms with Crippen molar-refractivity contribution in [3.63, 3.8) is 0 Å². The lowest BCUT2D eigenvalue weighted by Crippen LogP contribution is -2.03. The summed E-state index contributed by atoms with van der Waals surface area (Å²) in [6, 6.07) is 19.7. The smallest absolute Gasteiger partial charge is 0.295 e. The lowest BCUT2D eigenvalue weighted by Gasteiger charge is -2.17. The maximum atomic E-state index is 12.0. The molecule has 4 nitrogen and oxygen atoms in total. The molecule has 128 valence electrons. The predicted octanol–water partition coefficient (Wildman–Crippen LogP) is 4.58. The maximum absolute atomic E-state index is 12.0. The molecule has 3 aromatic carbocycles. The average molecular weight is 354 g/mol. The lowest BCUT2D eigenvalue weighted by atomic mass is 9.91. The van der Waals surface area contributed by atoms with Gasteiger partial charge in [-0.25, -0.2) is 0 Å². The van der Waals surface area contributed by atoms with Crippen molar-refractivity contribution in [1.82, 2.24) is 0 Å². The minimum atomic E-state index is -4.37. The molecule has 3 rings (SSSR count). The normalized spacial score (nSPS) is 11.3. The lowest BCUT2D eigenvalue weighted by molar-refractivity contribution is 0.415. The molecular weight excluding hydrogens is 336 g/mol. The Morgan fingerprint density at radius 2 is 1.40 bits per heavy atom. The number of ether oxygens (including phenoxy) is 1. The van der Waals surface area contributed by atoms with E-state index in [9.17, 15) is 13.0 Å². The Bertz CT molecular complexity index is 992. The van der Waals surface area contributed by atoms with E-state index in [0.717, 1.165) is 22.3 Å². The molecule has 3 aromatic rings. The van der Waals surface area contributed by atoms with Crippen molar-refractivity contribution < 1.29 is 17.7 Å². The molecule has 0 amide bonds. The summed E-state index contributed by atoms with van der Waals surface area (Å²) in [4.78, 5) is -0.102. The van der Waals surface area contributed by atoms with Crippen LogP contribution in [0.3, 0.4) is 0 Å². The van der Waals surface area contributed by atoms with Gasteiger partial charge in [0.05, 0.1) is 7.11 Å². The van der Waals surface area contributed by atoms with E-state index in [2.05, 4.69) is 0 Å². The van der Waals surface area contributed by atoms with Crippen LogP contribution in [0.15, 0.2) is 71.6 Å². The van der Waals surface area contributed by atoms with Crippen molar-refractivity contribution in [1.29, 1.82) is 0 Å². The van der Waals surface area contributed by atoms with Crippen molar-refractivity contribution in [2.45, 2.75) is 11.8 Å². The third-order valence-corrected chi connectivity index (χ3v) is 4.99. The van der Waals surface area contributed by atoms with Gasteiger partial charge in [0.2, 0.25) is 0 Å². The molecule has 1 N–H and O–H groups in total. The van der Waals surface area contributed by atoms with Crippen molar-refractivity contribution >= 4 is 10.1 Å². The fourth-order valence-corrected chi connectivity index (χ4v) is 3.64. The molecule has 0 heterocycles. The molecular formula is C20H18O4S. The summed E-state index contributed by atoms with van der Waals surface area (Å²) in [6.45, 7) is 1.92. The Labute approximate surface area is 147 Å². The largest absolute Gasteiger partial charge is 0.497 e. The summed E-state index contributed by atoms with van der Waals surface area (Å²) in [5.41, 5.74) is 3.75. The zero-order valence-corrected chi connectivity index (χ0v) is 14.7. The zero-order valence-electron chi connectivity index (χ0n) is 13.9. The summed E-state index contributed by atoms with van der Waals surface area (Å²) in [6.07, 6.45) is 0.